The number of ether oxygens (including phenoxy) is 4. The van der Waals surface area contributed by atoms with Crippen molar-refractivity contribution in [2.75, 3.05) is 20.2 Å². The Balaban J connectivity index is 1.57. The summed E-state index contributed by atoms with van der Waals surface area (Å²) in [5, 5.41) is 4.42. The quantitative estimate of drug-likeness (QED) is 0.0970. The number of esters is 1. The fourth-order valence-electron chi connectivity index (χ4n) is 6.10. The molecule has 5 rings (SSSR count). The zero-order valence-corrected chi connectivity index (χ0v) is 34.0. The highest BCUT2D eigenvalue weighted by Crippen LogP contribution is 2.43. The fraction of sp³-hybridized carbons (Fsp3) is 0.419. The maximum absolute atomic E-state index is 14.7. The van der Waals surface area contributed by atoms with Crippen LogP contribution >= 0.6 is 0 Å². The maximum Gasteiger partial charge on any atom is 0.410 e. The lowest BCUT2D eigenvalue weighted by molar-refractivity contribution is -0.174. The zero-order valence-electron chi connectivity index (χ0n) is 33.0. The van der Waals surface area contributed by atoms with Gasteiger partial charge in [0.15, 0.2) is 8.32 Å². The lowest BCUT2D eigenvalue weighted by Crippen LogP contribution is -2.64. The summed E-state index contributed by atoms with van der Waals surface area (Å²) in [6.45, 7) is 16.5. The molecule has 0 bridgehead atoms. The van der Waals surface area contributed by atoms with Crippen LogP contribution in [0.3, 0.4) is 0 Å². The van der Waals surface area contributed by atoms with Crippen molar-refractivity contribution >= 4 is 37.1 Å². The van der Waals surface area contributed by atoms with E-state index in [1.807, 2.05) is 54.6 Å². The lowest BCUT2D eigenvalue weighted by atomic mass is 10.0. The molecule has 11 heteroatoms. The summed E-state index contributed by atoms with van der Waals surface area (Å²) in [6.07, 6.45) is 0.0883. The summed E-state index contributed by atoms with van der Waals surface area (Å²) in [4.78, 5) is 43.7. The first kappa shape index (κ1) is 40.3. The number of likely N-dealkylation sites (tertiary alicyclic amines) is 1. The molecule has 1 aliphatic heterocycles. The van der Waals surface area contributed by atoms with Crippen molar-refractivity contribution < 1.29 is 37.8 Å². The number of hydrogen-bond acceptors (Lipinski definition) is 8. The molecule has 288 valence electrons. The SMILES string of the molecule is COc1cc2ccc(OCc3ccccc3)cc2cc1C(=O)O[C@@]1(O[Si](C)(C)C(C)(C)C)CCCN(C(=O)OC(C)(C)C)C[C@H]1NC(=O)c1ccccc1. The Morgan fingerprint density at radius 1 is 0.870 bits per heavy atom. The molecule has 1 N–H and O–H groups in total. The highest BCUT2D eigenvalue weighted by molar-refractivity contribution is 6.74. The van der Waals surface area contributed by atoms with Gasteiger partial charge in [-0.25, -0.2) is 9.59 Å². The second-order valence-corrected chi connectivity index (χ2v) is 21.0. The van der Waals surface area contributed by atoms with Gasteiger partial charge < -0.3 is 33.6 Å². The van der Waals surface area contributed by atoms with E-state index < -0.39 is 43.7 Å². The van der Waals surface area contributed by atoms with Gasteiger partial charge in [0.1, 0.15) is 35.3 Å². The predicted octanol–water partition coefficient (Wildman–Crippen LogP) is 9.13. The average Bonchev–Trinajstić information content (AvgIpc) is 3.28. The van der Waals surface area contributed by atoms with Crippen molar-refractivity contribution in [2.45, 2.75) is 96.6 Å². The normalized spacial score (nSPS) is 18.0. The van der Waals surface area contributed by atoms with Crippen molar-refractivity contribution in [1.82, 2.24) is 10.2 Å². The molecule has 54 heavy (non-hydrogen) atoms. The molecule has 4 aromatic carbocycles. The van der Waals surface area contributed by atoms with Crippen molar-refractivity contribution in [2.24, 2.45) is 0 Å². The molecule has 1 aliphatic rings. The molecule has 10 nitrogen and oxygen atoms in total. The van der Waals surface area contributed by atoms with Crippen molar-refractivity contribution in [3.63, 3.8) is 0 Å². The van der Waals surface area contributed by atoms with Crippen LogP contribution < -0.4 is 14.8 Å². The standard InChI is InChI=1S/C43H54N2O8Si/c1-41(2,3)52-40(48)45-24-16-23-43(53-54(8,9)42(4,5)6,37(28-45)44-38(46)31-19-14-11-15-20-31)51-39(47)35-26-33-25-34(22-21-32(33)27-36(35)49-7)50-29-30-17-12-10-13-18-30/h10-15,17-22,25-27,37H,16,23-24,28-29H2,1-9H3,(H,44,46)/t37-,43-/m1/s1. The average molecular weight is 755 g/mol. The summed E-state index contributed by atoms with van der Waals surface area (Å²) < 4.78 is 31.5. The van der Waals surface area contributed by atoms with Crippen molar-refractivity contribution in [3.8, 4) is 11.5 Å². The molecule has 2 atom stereocenters. The van der Waals surface area contributed by atoms with Gasteiger partial charge in [-0.3, -0.25) is 4.79 Å². The molecule has 1 fully saturated rings. The summed E-state index contributed by atoms with van der Waals surface area (Å²) >= 11 is 0. The number of hydrogen-bond donors (Lipinski definition) is 1. The molecule has 4 aromatic rings. The molecule has 2 amide bonds. The van der Waals surface area contributed by atoms with Crippen LogP contribution in [-0.2, 0) is 20.5 Å². The fourth-order valence-corrected chi connectivity index (χ4v) is 7.55. The Hall–Kier alpha value is -4.87. The third-order valence-corrected chi connectivity index (χ3v) is 14.4. The first-order valence-electron chi connectivity index (χ1n) is 18.5. The summed E-state index contributed by atoms with van der Waals surface area (Å²) in [6, 6.07) is 26.9. The lowest BCUT2D eigenvalue weighted by Gasteiger charge is -2.47. The van der Waals surface area contributed by atoms with Crippen LogP contribution in [0.2, 0.25) is 18.1 Å². The minimum absolute atomic E-state index is 0.0215. The molecular formula is C43H54N2O8Si. The minimum atomic E-state index is -2.74. The Kier molecular flexibility index (Phi) is 12.1. The second-order valence-electron chi connectivity index (χ2n) is 16.3. The Bertz CT molecular complexity index is 1940. The minimum Gasteiger partial charge on any atom is -0.496 e. The van der Waals surface area contributed by atoms with Crippen LogP contribution in [0.1, 0.15) is 80.7 Å². The smallest absolute Gasteiger partial charge is 0.410 e. The van der Waals surface area contributed by atoms with Crippen LogP contribution in [0.15, 0.2) is 91.0 Å². The third-order valence-electron chi connectivity index (χ3n) is 9.98. The predicted molar refractivity (Wildman–Crippen MR) is 212 cm³/mol. The van der Waals surface area contributed by atoms with Crippen LogP contribution in [0.25, 0.3) is 10.8 Å². The van der Waals surface area contributed by atoms with Crippen molar-refractivity contribution in [3.05, 3.63) is 108 Å². The van der Waals surface area contributed by atoms with Gasteiger partial charge in [0, 0.05) is 18.5 Å². The van der Waals surface area contributed by atoms with E-state index >= 15 is 0 Å². The molecule has 0 aliphatic carbocycles. The Labute approximate surface area is 320 Å². The number of rotatable bonds is 10. The van der Waals surface area contributed by atoms with Crippen LogP contribution in [-0.4, -0.2) is 68.8 Å². The monoisotopic (exact) mass is 754 g/mol. The number of methoxy groups -OCH3 is 1. The van der Waals surface area contributed by atoms with E-state index in [4.69, 9.17) is 23.4 Å². The van der Waals surface area contributed by atoms with Gasteiger partial charge >= 0.3 is 12.1 Å². The number of amides is 2. The Morgan fingerprint density at radius 3 is 2.17 bits per heavy atom. The number of benzene rings is 4. The number of nitrogens with one attached hydrogen (secondary N) is 1. The van der Waals surface area contributed by atoms with E-state index in [0.29, 0.717) is 36.6 Å². The molecule has 0 spiro atoms. The zero-order chi connectivity index (χ0) is 39.3. The number of nitrogens with zero attached hydrogens (tertiary/aromatic N) is 1. The summed E-state index contributed by atoms with van der Waals surface area (Å²) in [7, 11) is -1.23. The van der Waals surface area contributed by atoms with Gasteiger partial charge in [-0.2, -0.15) is 0 Å². The van der Waals surface area contributed by atoms with Gasteiger partial charge in [-0.1, -0.05) is 75.4 Å². The highest BCUT2D eigenvalue weighted by Gasteiger charge is 2.54. The van der Waals surface area contributed by atoms with E-state index in [-0.39, 0.29) is 23.6 Å². The molecule has 0 saturated carbocycles. The first-order chi connectivity index (χ1) is 25.4. The highest BCUT2D eigenvalue weighted by atomic mass is 28.4. The summed E-state index contributed by atoms with van der Waals surface area (Å²) in [5.41, 5.74) is 0.891. The molecule has 1 saturated heterocycles. The van der Waals surface area contributed by atoms with Gasteiger partial charge in [-0.05, 0) is 98.1 Å². The van der Waals surface area contributed by atoms with E-state index in [9.17, 15) is 14.4 Å². The van der Waals surface area contributed by atoms with E-state index in [1.165, 1.54) is 7.11 Å². The molecule has 1 heterocycles. The largest absolute Gasteiger partial charge is 0.496 e. The number of carbonyl (C=O) groups excluding carboxylic acids is 3. The van der Waals surface area contributed by atoms with Gasteiger partial charge in [0.2, 0.25) is 5.79 Å². The maximum atomic E-state index is 14.7. The van der Waals surface area contributed by atoms with Crippen LogP contribution in [0.4, 0.5) is 4.79 Å². The van der Waals surface area contributed by atoms with E-state index in [2.05, 4.69) is 39.2 Å². The van der Waals surface area contributed by atoms with Gasteiger partial charge in [0.05, 0.1) is 13.7 Å². The van der Waals surface area contributed by atoms with Crippen LogP contribution in [0.5, 0.6) is 11.5 Å². The van der Waals surface area contributed by atoms with Gasteiger partial charge in [-0.15, -0.1) is 0 Å². The summed E-state index contributed by atoms with van der Waals surface area (Å²) in [5.74, 6) is -1.78. The van der Waals surface area contributed by atoms with E-state index in [1.54, 1.807) is 62.1 Å². The first-order valence-corrected chi connectivity index (χ1v) is 21.4. The molecule has 0 radical (unpaired) electrons. The molecule has 0 aromatic heterocycles. The number of fused-ring (bicyclic) bond motifs is 1. The molecular weight excluding hydrogens is 701 g/mol. The third kappa shape index (κ3) is 9.80. The number of carbonyl (C=O) groups is 3. The van der Waals surface area contributed by atoms with Crippen molar-refractivity contribution in [1.29, 1.82) is 0 Å². The second kappa shape index (κ2) is 16.2. The van der Waals surface area contributed by atoms with Gasteiger partial charge in [0.25, 0.3) is 5.91 Å². The molecule has 0 unspecified atom stereocenters. The topological polar surface area (TPSA) is 113 Å². The Morgan fingerprint density at radius 2 is 1.54 bits per heavy atom. The van der Waals surface area contributed by atoms with Crippen LogP contribution in [0, 0.1) is 0 Å². The van der Waals surface area contributed by atoms with E-state index in [0.717, 1.165) is 16.3 Å².